The summed E-state index contributed by atoms with van der Waals surface area (Å²) in [6.45, 7) is 3.00. The highest BCUT2D eigenvalue weighted by Gasteiger charge is 2.33. The largest absolute Gasteiger partial charge is 0.325 e. The van der Waals surface area contributed by atoms with E-state index in [9.17, 15) is 4.79 Å². The van der Waals surface area contributed by atoms with Crippen molar-refractivity contribution in [1.29, 1.82) is 0 Å². The van der Waals surface area contributed by atoms with Crippen LogP contribution in [0.25, 0.3) is 10.8 Å². The van der Waals surface area contributed by atoms with Crippen molar-refractivity contribution >= 4 is 33.7 Å². The van der Waals surface area contributed by atoms with Gasteiger partial charge in [-0.1, -0.05) is 36.4 Å². The van der Waals surface area contributed by atoms with Gasteiger partial charge in [-0.3, -0.25) is 9.69 Å². The Morgan fingerprint density at radius 2 is 2.00 bits per heavy atom. The molecule has 3 nitrogen and oxygen atoms in total. The zero-order valence-corrected chi connectivity index (χ0v) is 15.1. The van der Waals surface area contributed by atoms with Crippen molar-refractivity contribution in [3.63, 3.8) is 0 Å². The van der Waals surface area contributed by atoms with E-state index in [1.807, 2.05) is 31.2 Å². The zero-order chi connectivity index (χ0) is 17.2. The molecule has 4 rings (SSSR count). The fourth-order valence-electron chi connectivity index (χ4n) is 3.70. The minimum Gasteiger partial charge on any atom is -0.325 e. The number of thiophene rings is 1. The smallest absolute Gasteiger partial charge is 0.241 e. The maximum atomic E-state index is 12.8. The molecule has 0 spiro atoms. The SMILES string of the molecule is C[C@H](C(=O)Nc1ccc2ccccc2c1)N1CCC[C@@H]1c1cccs1. The number of likely N-dealkylation sites (tertiary alicyclic amines) is 1. The van der Waals surface area contributed by atoms with Gasteiger partial charge in [0.05, 0.1) is 6.04 Å². The number of anilines is 1. The van der Waals surface area contributed by atoms with Crippen LogP contribution in [0.4, 0.5) is 5.69 Å². The van der Waals surface area contributed by atoms with Gasteiger partial charge in [0.15, 0.2) is 0 Å². The lowest BCUT2D eigenvalue weighted by Gasteiger charge is -2.29. The summed E-state index contributed by atoms with van der Waals surface area (Å²) in [6, 6.07) is 18.8. The predicted molar refractivity (Wildman–Crippen MR) is 105 cm³/mol. The first-order valence-electron chi connectivity index (χ1n) is 8.81. The van der Waals surface area contributed by atoms with Gasteiger partial charge in [-0.25, -0.2) is 0 Å². The maximum absolute atomic E-state index is 12.8. The van der Waals surface area contributed by atoms with Crippen LogP contribution in [-0.2, 0) is 4.79 Å². The number of hydrogen-bond acceptors (Lipinski definition) is 3. The standard InChI is InChI=1S/C21H22N2OS/c1-15(23-12-4-8-19(23)20-9-5-13-25-20)21(24)22-18-11-10-16-6-2-3-7-17(16)14-18/h2-3,5-7,9-11,13-15,19H,4,8,12H2,1H3,(H,22,24)/t15-,19-/m1/s1. The van der Waals surface area contributed by atoms with Gasteiger partial charge in [0.25, 0.3) is 0 Å². The molecule has 1 fully saturated rings. The summed E-state index contributed by atoms with van der Waals surface area (Å²) in [5.41, 5.74) is 0.863. The van der Waals surface area contributed by atoms with Crippen LogP contribution >= 0.6 is 11.3 Å². The molecule has 3 aromatic rings. The first-order valence-corrected chi connectivity index (χ1v) is 9.69. The molecule has 1 saturated heterocycles. The first kappa shape index (κ1) is 16.3. The highest BCUT2D eigenvalue weighted by atomic mass is 32.1. The number of carbonyl (C=O) groups excluding carboxylic acids is 1. The molecule has 1 N–H and O–H groups in total. The molecule has 4 heteroatoms. The summed E-state index contributed by atoms with van der Waals surface area (Å²) >= 11 is 1.79. The van der Waals surface area contributed by atoms with E-state index in [2.05, 4.69) is 45.9 Å². The number of benzene rings is 2. The molecule has 2 atom stereocenters. The topological polar surface area (TPSA) is 32.3 Å². The number of amides is 1. The van der Waals surface area contributed by atoms with Gasteiger partial charge >= 0.3 is 0 Å². The highest BCUT2D eigenvalue weighted by molar-refractivity contribution is 7.10. The van der Waals surface area contributed by atoms with Gasteiger partial charge in [-0.2, -0.15) is 0 Å². The van der Waals surface area contributed by atoms with Crippen molar-refractivity contribution < 1.29 is 4.79 Å². The Labute approximate surface area is 152 Å². The number of fused-ring (bicyclic) bond motifs is 1. The summed E-state index contributed by atoms with van der Waals surface area (Å²) in [5.74, 6) is 0.0683. The van der Waals surface area contributed by atoms with E-state index < -0.39 is 0 Å². The third-order valence-corrected chi connectivity index (χ3v) is 6.03. The number of hydrogen-bond donors (Lipinski definition) is 1. The Morgan fingerprint density at radius 3 is 2.80 bits per heavy atom. The number of nitrogens with one attached hydrogen (secondary N) is 1. The summed E-state index contributed by atoms with van der Waals surface area (Å²) in [4.78, 5) is 16.5. The summed E-state index contributed by atoms with van der Waals surface area (Å²) in [7, 11) is 0. The van der Waals surface area contributed by atoms with Crippen molar-refractivity contribution in [2.45, 2.75) is 31.8 Å². The molecular formula is C21H22N2OS. The summed E-state index contributed by atoms with van der Waals surface area (Å²) in [6.07, 6.45) is 2.28. The highest BCUT2D eigenvalue weighted by Crippen LogP contribution is 2.36. The first-order chi connectivity index (χ1) is 12.2. The minimum absolute atomic E-state index is 0.0683. The zero-order valence-electron chi connectivity index (χ0n) is 14.3. The fraction of sp³-hybridized carbons (Fsp3) is 0.286. The Morgan fingerprint density at radius 1 is 1.16 bits per heavy atom. The molecule has 1 aliphatic heterocycles. The average Bonchev–Trinajstić information content (AvgIpc) is 3.32. The predicted octanol–water partition coefficient (Wildman–Crippen LogP) is 5.07. The van der Waals surface area contributed by atoms with E-state index in [1.165, 1.54) is 10.3 Å². The van der Waals surface area contributed by atoms with Crippen molar-refractivity contribution in [3.8, 4) is 0 Å². The Bertz CT molecular complexity index is 874. The van der Waals surface area contributed by atoms with Crippen LogP contribution in [0.2, 0.25) is 0 Å². The second kappa shape index (κ2) is 6.98. The molecular weight excluding hydrogens is 328 g/mol. The maximum Gasteiger partial charge on any atom is 0.241 e. The Hall–Kier alpha value is -2.17. The van der Waals surface area contributed by atoms with Gasteiger partial charge in [0.2, 0.25) is 5.91 Å². The summed E-state index contributed by atoms with van der Waals surface area (Å²) in [5, 5.41) is 7.55. The molecule has 2 heterocycles. The molecule has 0 aliphatic carbocycles. The Kier molecular flexibility index (Phi) is 4.55. The lowest BCUT2D eigenvalue weighted by Crippen LogP contribution is -2.41. The lowest BCUT2D eigenvalue weighted by molar-refractivity contribution is -0.121. The fourth-order valence-corrected chi connectivity index (χ4v) is 4.59. The van der Waals surface area contributed by atoms with Crippen LogP contribution in [-0.4, -0.2) is 23.4 Å². The molecule has 1 aromatic heterocycles. The van der Waals surface area contributed by atoms with Crippen LogP contribution in [0.3, 0.4) is 0 Å². The second-order valence-corrected chi connectivity index (χ2v) is 7.62. The third-order valence-electron chi connectivity index (χ3n) is 5.06. The van der Waals surface area contributed by atoms with Crippen LogP contribution in [0.1, 0.15) is 30.7 Å². The molecule has 128 valence electrons. The van der Waals surface area contributed by atoms with Gasteiger partial charge in [-0.15, -0.1) is 11.3 Å². The molecule has 0 unspecified atom stereocenters. The van der Waals surface area contributed by atoms with Crippen LogP contribution in [0, 0.1) is 0 Å². The quantitative estimate of drug-likeness (QED) is 0.713. The third kappa shape index (κ3) is 3.32. The van der Waals surface area contributed by atoms with Gasteiger partial charge in [0, 0.05) is 16.6 Å². The van der Waals surface area contributed by atoms with Crippen molar-refractivity contribution in [3.05, 3.63) is 64.9 Å². The number of nitrogens with zero attached hydrogens (tertiary/aromatic N) is 1. The number of rotatable bonds is 4. The number of carbonyl (C=O) groups is 1. The molecule has 0 bridgehead atoms. The van der Waals surface area contributed by atoms with E-state index in [0.717, 1.165) is 30.5 Å². The minimum atomic E-state index is -0.138. The van der Waals surface area contributed by atoms with E-state index in [0.29, 0.717) is 6.04 Å². The van der Waals surface area contributed by atoms with Crippen molar-refractivity contribution in [2.24, 2.45) is 0 Å². The van der Waals surface area contributed by atoms with E-state index in [-0.39, 0.29) is 11.9 Å². The van der Waals surface area contributed by atoms with Gasteiger partial charge in [-0.05, 0) is 60.7 Å². The van der Waals surface area contributed by atoms with Crippen LogP contribution < -0.4 is 5.32 Å². The summed E-state index contributed by atoms with van der Waals surface area (Å²) < 4.78 is 0. The average molecular weight is 350 g/mol. The van der Waals surface area contributed by atoms with Crippen molar-refractivity contribution in [2.75, 3.05) is 11.9 Å². The molecule has 25 heavy (non-hydrogen) atoms. The Balaban J connectivity index is 1.49. The lowest BCUT2D eigenvalue weighted by atomic mass is 10.1. The molecule has 0 saturated carbocycles. The molecule has 1 amide bonds. The van der Waals surface area contributed by atoms with E-state index in [1.54, 1.807) is 11.3 Å². The van der Waals surface area contributed by atoms with Crippen LogP contribution in [0.5, 0.6) is 0 Å². The van der Waals surface area contributed by atoms with Crippen molar-refractivity contribution in [1.82, 2.24) is 4.90 Å². The normalized spacial score (nSPS) is 19.2. The second-order valence-electron chi connectivity index (χ2n) is 6.64. The molecule has 0 radical (unpaired) electrons. The monoisotopic (exact) mass is 350 g/mol. The molecule has 1 aliphatic rings. The van der Waals surface area contributed by atoms with E-state index in [4.69, 9.17) is 0 Å². The van der Waals surface area contributed by atoms with Crippen LogP contribution in [0.15, 0.2) is 60.0 Å². The van der Waals surface area contributed by atoms with E-state index >= 15 is 0 Å². The molecule has 2 aromatic carbocycles. The van der Waals surface area contributed by atoms with Gasteiger partial charge in [0.1, 0.15) is 0 Å². The van der Waals surface area contributed by atoms with Gasteiger partial charge < -0.3 is 5.32 Å².